The summed E-state index contributed by atoms with van der Waals surface area (Å²) in [6.45, 7) is 6.76. The number of nitrogens with zero attached hydrogens (tertiary/aromatic N) is 2. The Morgan fingerprint density at radius 2 is 0.940 bits per heavy atom. The summed E-state index contributed by atoms with van der Waals surface area (Å²) in [6, 6.07) is 26.2. The lowest BCUT2D eigenvalue weighted by Gasteiger charge is -2.23. The SMILES string of the molecule is CC(=O)c1cc(SOON)c(Oc2ccccc2)c(N2CCCC2)c1.CC(=O)c1cc(SOON)c(Oc2ccccc2)c(N2CCCC2)c1. The van der Waals surface area contributed by atoms with Gasteiger partial charge in [0.15, 0.2) is 23.1 Å². The number of rotatable bonds is 14. The van der Waals surface area contributed by atoms with Gasteiger partial charge >= 0.3 is 0 Å². The number of anilines is 2. The first-order chi connectivity index (χ1) is 24.4. The van der Waals surface area contributed by atoms with Gasteiger partial charge in [-0.05, 0) is 88.1 Å². The smallest absolute Gasteiger partial charge is 0.166 e. The molecule has 0 unspecified atom stereocenters. The first-order valence-electron chi connectivity index (χ1n) is 16.1. The number of ether oxygens (including phenoxy) is 2. The number of Topliss-reactive ketones (excluding diaryl/α,β-unsaturated/α-hetero) is 2. The molecule has 0 bridgehead atoms. The van der Waals surface area contributed by atoms with Gasteiger partial charge in [-0.25, -0.2) is 0 Å². The quantitative estimate of drug-likeness (QED) is 0.0558. The van der Waals surface area contributed by atoms with Crippen molar-refractivity contribution in [3.63, 3.8) is 0 Å². The fourth-order valence-corrected chi connectivity index (χ4v) is 6.64. The van der Waals surface area contributed by atoms with E-state index in [1.807, 2.05) is 72.8 Å². The van der Waals surface area contributed by atoms with Gasteiger partial charge in [0.05, 0.1) is 45.3 Å². The predicted molar refractivity (Wildman–Crippen MR) is 193 cm³/mol. The molecule has 2 saturated heterocycles. The van der Waals surface area contributed by atoms with E-state index >= 15 is 0 Å². The van der Waals surface area contributed by atoms with Crippen LogP contribution in [0.1, 0.15) is 60.2 Å². The Balaban J connectivity index is 0.000000194. The van der Waals surface area contributed by atoms with Gasteiger partial charge in [-0.15, -0.1) is 18.6 Å². The van der Waals surface area contributed by atoms with Crippen molar-refractivity contribution in [1.82, 2.24) is 0 Å². The Labute approximate surface area is 300 Å². The van der Waals surface area contributed by atoms with Crippen molar-refractivity contribution in [2.45, 2.75) is 49.3 Å². The second-order valence-electron chi connectivity index (χ2n) is 11.5. The van der Waals surface area contributed by atoms with Crippen molar-refractivity contribution < 1.29 is 37.7 Å². The number of para-hydroxylation sites is 2. The Morgan fingerprint density at radius 1 is 0.580 bits per heavy atom. The first-order valence-corrected chi connectivity index (χ1v) is 17.6. The molecule has 4 aromatic carbocycles. The van der Waals surface area contributed by atoms with Crippen LogP contribution in [0.2, 0.25) is 0 Å². The molecule has 0 aliphatic carbocycles. The van der Waals surface area contributed by atoms with Crippen LogP contribution in [0.4, 0.5) is 11.4 Å². The zero-order valence-electron chi connectivity index (χ0n) is 27.9. The maximum atomic E-state index is 11.9. The molecule has 6 rings (SSSR count). The summed E-state index contributed by atoms with van der Waals surface area (Å²) >= 11 is 1.84. The molecular formula is C36H40N4O8S2. The number of ketones is 2. The minimum atomic E-state index is -0.0257. The van der Waals surface area contributed by atoms with Gasteiger partial charge in [0.2, 0.25) is 0 Å². The summed E-state index contributed by atoms with van der Waals surface area (Å²) in [5, 5.41) is 0. The minimum absolute atomic E-state index is 0.0257. The molecule has 0 saturated carbocycles. The van der Waals surface area contributed by atoms with E-state index < -0.39 is 0 Å². The molecule has 0 spiro atoms. The van der Waals surface area contributed by atoms with E-state index in [-0.39, 0.29) is 11.6 Å². The van der Waals surface area contributed by atoms with Crippen molar-refractivity contribution in [3.8, 4) is 23.0 Å². The zero-order chi connectivity index (χ0) is 35.3. The van der Waals surface area contributed by atoms with Crippen molar-refractivity contribution >= 4 is 47.0 Å². The molecule has 14 heteroatoms. The maximum absolute atomic E-state index is 11.9. The Hall–Kier alpha value is -4.12. The number of hydrogen-bond acceptors (Lipinski definition) is 14. The average molecular weight is 721 g/mol. The highest BCUT2D eigenvalue weighted by atomic mass is 32.2. The molecule has 0 radical (unpaired) electrons. The molecule has 2 aliphatic rings. The van der Waals surface area contributed by atoms with Gasteiger partial charge < -0.3 is 19.3 Å². The lowest BCUT2D eigenvalue weighted by atomic mass is 10.1. The lowest BCUT2D eigenvalue weighted by Crippen LogP contribution is -2.19. The standard InChI is InChI=1S/2C18H20N2O4S/c2*1-13(21)14-11-16(20-9-5-6-10-20)18(17(12-14)25-24-23-19)22-15-7-3-2-4-8-15/h2*2-4,7-8,11-12H,5-6,9-10,19H2,1H3. The number of nitrogens with two attached hydrogens (primary N) is 2. The van der Waals surface area contributed by atoms with Crippen LogP contribution < -0.4 is 31.1 Å². The second kappa shape index (κ2) is 18.8. The summed E-state index contributed by atoms with van der Waals surface area (Å²) in [5.74, 6) is 12.6. The number of benzene rings is 4. The monoisotopic (exact) mass is 720 g/mol. The van der Waals surface area contributed by atoms with Crippen LogP contribution in [0.3, 0.4) is 0 Å². The van der Waals surface area contributed by atoms with E-state index in [2.05, 4.69) is 19.8 Å². The molecule has 50 heavy (non-hydrogen) atoms. The third-order valence-electron chi connectivity index (χ3n) is 8.03. The topological polar surface area (TPSA) is 148 Å². The fourth-order valence-electron chi connectivity index (χ4n) is 5.62. The van der Waals surface area contributed by atoms with Gasteiger partial charge in [-0.2, -0.15) is 11.8 Å². The third kappa shape index (κ3) is 9.99. The highest BCUT2D eigenvalue weighted by Crippen LogP contribution is 2.45. The van der Waals surface area contributed by atoms with Gasteiger partial charge in [0.1, 0.15) is 11.5 Å². The lowest BCUT2D eigenvalue weighted by molar-refractivity contribution is -0.195. The van der Waals surface area contributed by atoms with Crippen LogP contribution in [0.25, 0.3) is 0 Å². The maximum Gasteiger partial charge on any atom is 0.166 e. The summed E-state index contributed by atoms with van der Waals surface area (Å²) in [4.78, 5) is 38.0. The Kier molecular flexibility index (Phi) is 13.9. The van der Waals surface area contributed by atoms with Crippen molar-refractivity contribution in [2.75, 3.05) is 36.0 Å². The van der Waals surface area contributed by atoms with Gasteiger partial charge in [0, 0.05) is 37.3 Å². The van der Waals surface area contributed by atoms with Gasteiger partial charge in [-0.3, -0.25) is 9.59 Å². The van der Waals surface area contributed by atoms with Crippen LogP contribution in [-0.2, 0) is 18.6 Å². The molecular weight excluding hydrogens is 681 g/mol. The van der Waals surface area contributed by atoms with Crippen LogP contribution in [0.5, 0.6) is 23.0 Å². The molecule has 12 nitrogen and oxygen atoms in total. The Bertz CT molecular complexity index is 1590. The zero-order valence-corrected chi connectivity index (χ0v) is 29.5. The molecule has 2 aliphatic heterocycles. The molecule has 0 amide bonds. The molecule has 4 N–H and O–H groups in total. The normalized spacial score (nSPS) is 13.9. The van der Waals surface area contributed by atoms with E-state index in [9.17, 15) is 9.59 Å². The number of hydrogen-bond donors (Lipinski definition) is 2. The first kappa shape index (κ1) is 37.1. The average Bonchev–Trinajstić information content (AvgIpc) is 3.87. The predicted octanol–water partition coefficient (Wildman–Crippen LogP) is 8.22. The van der Waals surface area contributed by atoms with Crippen LogP contribution in [0, 0.1) is 0 Å². The van der Waals surface area contributed by atoms with E-state index in [1.165, 1.54) is 13.8 Å². The largest absolute Gasteiger partial charge is 0.454 e. The van der Waals surface area contributed by atoms with E-state index in [0.717, 1.165) is 87.3 Å². The molecule has 2 heterocycles. The summed E-state index contributed by atoms with van der Waals surface area (Å²) in [6.07, 6.45) is 4.44. The molecule has 2 fully saturated rings. The van der Waals surface area contributed by atoms with E-state index in [0.29, 0.717) is 43.9 Å². The van der Waals surface area contributed by atoms with Crippen LogP contribution >= 0.6 is 24.1 Å². The molecule has 264 valence electrons. The fraction of sp³-hybridized carbons (Fsp3) is 0.278. The van der Waals surface area contributed by atoms with Gasteiger partial charge in [0.25, 0.3) is 0 Å². The molecule has 4 aromatic rings. The minimum Gasteiger partial charge on any atom is -0.454 e. The van der Waals surface area contributed by atoms with Crippen molar-refractivity contribution in [1.29, 1.82) is 0 Å². The summed E-state index contributed by atoms with van der Waals surface area (Å²) in [7, 11) is 0. The van der Waals surface area contributed by atoms with E-state index in [4.69, 9.17) is 29.9 Å². The van der Waals surface area contributed by atoms with Gasteiger partial charge in [-0.1, -0.05) is 36.4 Å². The third-order valence-corrected chi connectivity index (χ3v) is 9.29. The van der Waals surface area contributed by atoms with Crippen LogP contribution in [-0.4, -0.2) is 37.7 Å². The summed E-state index contributed by atoms with van der Waals surface area (Å²) in [5.41, 5.74) is 2.92. The highest BCUT2D eigenvalue weighted by Gasteiger charge is 2.25. The van der Waals surface area contributed by atoms with Crippen molar-refractivity contribution in [3.05, 3.63) is 96.1 Å². The summed E-state index contributed by atoms with van der Waals surface area (Å²) < 4.78 is 21.9. The molecule has 0 atom stereocenters. The van der Waals surface area contributed by atoms with Crippen molar-refractivity contribution in [2.24, 2.45) is 11.8 Å². The van der Waals surface area contributed by atoms with E-state index in [1.54, 1.807) is 12.1 Å². The molecule has 0 aromatic heterocycles. The number of carbonyl (C=O) groups is 2. The van der Waals surface area contributed by atoms with Crippen LogP contribution in [0.15, 0.2) is 94.7 Å². The second-order valence-corrected chi connectivity index (χ2v) is 13.0. The highest BCUT2D eigenvalue weighted by molar-refractivity contribution is 7.95. The Morgan fingerprint density at radius 3 is 1.26 bits per heavy atom. The number of carbonyl (C=O) groups excluding carboxylic acids is 2.